The molecule has 0 bridgehead atoms. The van der Waals surface area contributed by atoms with Gasteiger partial charge in [0.1, 0.15) is 0 Å². The van der Waals surface area contributed by atoms with E-state index in [1.807, 2.05) is 0 Å². The summed E-state index contributed by atoms with van der Waals surface area (Å²) in [5.41, 5.74) is 0. The van der Waals surface area contributed by atoms with E-state index >= 15 is 0 Å². The molecule has 0 amide bonds. The normalized spacial score (nSPS) is 12.0. The van der Waals surface area contributed by atoms with Crippen LogP contribution in [0, 0.1) is 5.92 Å². The van der Waals surface area contributed by atoms with Gasteiger partial charge in [0.25, 0.3) is 0 Å². The number of aliphatic carboxylic acids is 2. The summed E-state index contributed by atoms with van der Waals surface area (Å²) < 4.78 is 0. The molecule has 0 saturated heterocycles. The molecule has 1 atom stereocenters. The van der Waals surface area contributed by atoms with Gasteiger partial charge in [-0.25, -0.2) is 0 Å². The summed E-state index contributed by atoms with van der Waals surface area (Å²) in [4.78, 5) is 21.2. The fourth-order valence-electron chi connectivity index (χ4n) is 2.77. The molecule has 0 aromatic heterocycles. The van der Waals surface area contributed by atoms with Gasteiger partial charge in [-0.05, 0) is 19.3 Å². The van der Waals surface area contributed by atoms with Gasteiger partial charge < -0.3 is 19.8 Å². The largest absolute Gasteiger partial charge is 2.00 e. The number of hydrogen-bond donors (Lipinski definition) is 0. The first kappa shape index (κ1) is 27.2. The Hall–Kier alpha value is -0.0603. The van der Waals surface area contributed by atoms with Gasteiger partial charge in [-0.15, -0.1) is 0 Å². The number of unbranched alkanes of at least 4 members (excludes halogenated alkanes) is 12. The monoisotopic (exact) mass is 378 g/mol. The maximum atomic E-state index is 10.7. The molecule has 0 aliphatic carbocycles. The smallest absolute Gasteiger partial charge is 0.550 e. The maximum Gasteiger partial charge on any atom is 2.00 e. The Balaban J connectivity index is 0. The van der Waals surface area contributed by atoms with Gasteiger partial charge >= 0.3 is 37.7 Å². The van der Waals surface area contributed by atoms with Gasteiger partial charge in [0.2, 0.25) is 0 Å². The standard InChI is InChI=1S/C20H36O4.Ca/c1-2-3-4-5-6-7-8-9-10-11-12-13-14-15-16-18(20(23)24)17-19(21)22;/h15-16,18H,2-14,17H2,1H3,(H,21,22)(H,23,24);/q;+2/p-2. The number of carbonyl (C=O) groups excluding carboxylic acids is 2. The summed E-state index contributed by atoms with van der Waals surface area (Å²) in [5, 5.41) is 21.2. The molecule has 25 heavy (non-hydrogen) atoms. The SMILES string of the molecule is CCCCCCCCCCCCCCC=CC(CC(=O)[O-])C(=O)[O-].[Ca+2]. The molecule has 140 valence electrons. The second-order valence-corrected chi connectivity index (χ2v) is 6.61. The minimum absolute atomic E-state index is 0. The van der Waals surface area contributed by atoms with Crippen LogP contribution in [-0.4, -0.2) is 49.7 Å². The third-order valence-electron chi connectivity index (χ3n) is 4.28. The van der Waals surface area contributed by atoms with E-state index in [1.54, 1.807) is 6.08 Å². The zero-order valence-electron chi connectivity index (χ0n) is 16.0. The van der Waals surface area contributed by atoms with Crippen molar-refractivity contribution in [3.8, 4) is 0 Å². The Morgan fingerprint density at radius 3 is 1.64 bits per heavy atom. The first-order chi connectivity index (χ1) is 11.6. The molecule has 0 aliphatic heterocycles. The van der Waals surface area contributed by atoms with Crippen molar-refractivity contribution in [3.05, 3.63) is 12.2 Å². The van der Waals surface area contributed by atoms with Crippen LogP contribution in [0.4, 0.5) is 0 Å². The number of rotatable bonds is 17. The fourth-order valence-corrected chi connectivity index (χ4v) is 2.77. The number of hydrogen-bond acceptors (Lipinski definition) is 4. The molecule has 5 heteroatoms. The van der Waals surface area contributed by atoms with E-state index in [4.69, 9.17) is 0 Å². The van der Waals surface area contributed by atoms with E-state index < -0.39 is 24.3 Å². The van der Waals surface area contributed by atoms with Crippen LogP contribution >= 0.6 is 0 Å². The topological polar surface area (TPSA) is 80.3 Å². The van der Waals surface area contributed by atoms with Crippen LogP contribution in [0.1, 0.15) is 96.8 Å². The first-order valence-electron chi connectivity index (χ1n) is 9.65. The Kier molecular flexibility index (Phi) is 22.0. The predicted molar refractivity (Wildman–Crippen MR) is 98.7 cm³/mol. The molecule has 0 aliphatic rings. The zero-order valence-corrected chi connectivity index (χ0v) is 18.2. The maximum absolute atomic E-state index is 10.7. The van der Waals surface area contributed by atoms with E-state index in [1.165, 1.54) is 70.3 Å². The second-order valence-electron chi connectivity index (χ2n) is 6.61. The molecular formula is C20H34CaO4. The molecule has 0 saturated carbocycles. The number of carboxylic acid groups (broad SMARTS) is 2. The van der Waals surface area contributed by atoms with Crippen LogP contribution in [0.3, 0.4) is 0 Å². The summed E-state index contributed by atoms with van der Waals surface area (Å²) >= 11 is 0. The molecule has 4 nitrogen and oxygen atoms in total. The Bertz CT molecular complexity index is 356. The van der Waals surface area contributed by atoms with E-state index in [2.05, 4.69) is 6.92 Å². The summed E-state index contributed by atoms with van der Waals surface area (Å²) in [6, 6.07) is 0. The average molecular weight is 379 g/mol. The van der Waals surface area contributed by atoms with E-state index in [0.29, 0.717) is 0 Å². The van der Waals surface area contributed by atoms with Crippen LogP contribution < -0.4 is 10.2 Å². The Morgan fingerprint density at radius 2 is 1.24 bits per heavy atom. The third kappa shape index (κ3) is 20.1. The molecule has 0 heterocycles. The van der Waals surface area contributed by atoms with Gasteiger partial charge in [0, 0.05) is 17.9 Å². The van der Waals surface area contributed by atoms with Crippen molar-refractivity contribution in [2.24, 2.45) is 5.92 Å². The average Bonchev–Trinajstić information content (AvgIpc) is 2.53. The Morgan fingerprint density at radius 1 is 0.800 bits per heavy atom. The molecule has 0 aromatic carbocycles. The molecule has 0 N–H and O–H groups in total. The minimum atomic E-state index is -1.36. The van der Waals surface area contributed by atoms with Gasteiger partial charge in [-0.2, -0.15) is 0 Å². The summed E-state index contributed by atoms with van der Waals surface area (Å²) in [6.45, 7) is 2.24. The van der Waals surface area contributed by atoms with Crippen LogP contribution in [0.15, 0.2) is 12.2 Å². The number of carboxylic acids is 2. The van der Waals surface area contributed by atoms with Gasteiger partial charge in [0.05, 0.1) is 0 Å². The van der Waals surface area contributed by atoms with Crippen LogP contribution in [0.2, 0.25) is 0 Å². The number of carbonyl (C=O) groups is 2. The molecule has 0 aromatic rings. The van der Waals surface area contributed by atoms with Crippen LogP contribution in [0.25, 0.3) is 0 Å². The molecule has 1 unspecified atom stereocenters. The van der Waals surface area contributed by atoms with Gasteiger partial charge in [-0.3, -0.25) is 0 Å². The third-order valence-corrected chi connectivity index (χ3v) is 4.28. The molecular weight excluding hydrogens is 344 g/mol. The predicted octanol–water partition coefficient (Wildman–Crippen LogP) is 2.76. The quantitative estimate of drug-likeness (QED) is 0.221. The van der Waals surface area contributed by atoms with Crippen molar-refractivity contribution in [3.63, 3.8) is 0 Å². The first-order valence-corrected chi connectivity index (χ1v) is 9.65. The van der Waals surface area contributed by atoms with Crippen molar-refractivity contribution in [2.45, 2.75) is 96.8 Å². The molecule has 0 spiro atoms. The number of allylic oxidation sites excluding steroid dienone is 1. The Labute approximate surface area is 183 Å². The van der Waals surface area contributed by atoms with Crippen molar-refractivity contribution < 1.29 is 19.8 Å². The fraction of sp³-hybridized carbons (Fsp3) is 0.800. The minimum Gasteiger partial charge on any atom is -0.550 e. The van der Waals surface area contributed by atoms with Gasteiger partial charge in [0.15, 0.2) is 0 Å². The molecule has 0 rings (SSSR count). The van der Waals surface area contributed by atoms with Crippen molar-refractivity contribution in [2.75, 3.05) is 0 Å². The van der Waals surface area contributed by atoms with Gasteiger partial charge in [-0.1, -0.05) is 89.7 Å². The summed E-state index contributed by atoms with van der Waals surface area (Å²) in [6.07, 6.45) is 18.9. The summed E-state index contributed by atoms with van der Waals surface area (Å²) in [7, 11) is 0. The zero-order chi connectivity index (χ0) is 18.0. The summed E-state index contributed by atoms with van der Waals surface area (Å²) in [5.74, 6) is -3.79. The van der Waals surface area contributed by atoms with Crippen molar-refractivity contribution in [1.29, 1.82) is 0 Å². The second kappa shape index (κ2) is 20.3. The molecule has 0 fully saturated rings. The van der Waals surface area contributed by atoms with Crippen LogP contribution in [-0.2, 0) is 9.59 Å². The van der Waals surface area contributed by atoms with Crippen LogP contribution in [0.5, 0.6) is 0 Å². The van der Waals surface area contributed by atoms with E-state index in [0.717, 1.165) is 19.3 Å². The molecule has 0 radical (unpaired) electrons. The van der Waals surface area contributed by atoms with Crippen molar-refractivity contribution >= 4 is 49.7 Å². The van der Waals surface area contributed by atoms with E-state index in [9.17, 15) is 19.8 Å². The van der Waals surface area contributed by atoms with Crippen molar-refractivity contribution in [1.82, 2.24) is 0 Å². The van der Waals surface area contributed by atoms with E-state index in [-0.39, 0.29) is 37.7 Å².